The number of thiazole rings is 2. The van der Waals surface area contributed by atoms with Gasteiger partial charge in [0, 0.05) is 75.1 Å². The van der Waals surface area contributed by atoms with E-state index in [2.05, 4.69) is 84.7 Å². The van der Waals surface area contributed by atoms with Gasteiger partial charge in [-0.2, -0.15) is 4.58 Å². The number of allylic oxidation sites excluding steroid dienone is 10. The van der Waals surface area contributed by atoms with E-state index in [0.29, 0.717) is 60.5 Å². The maximum Gasteiger partial charge on any atom is 0.300 e. The molecule has 0 aliphatic carbocycles. The average molecular weight is 1770 g/mol. The van der Waals surface area contributed by atoms with Gasteiger partial charge in [-0.05, 0) is 131 Å². The number of aliphatic imine (C=N–C) groups is 1. The number of ketones is 2. The monoisotopic (exact) mass is 1770 g/mol. The highest BCUT2D eigenvalue weighted by Gasteiger charge is 2.44. The number of nitrogens with zero attached hydrogens (tertiary/aromatic N) is 8. The lowest BCUT2D eigenvalue weighted by Gasteiger charge is -2.19. The Bertz CT molecular complexity index is 4910. The summed E-state index contributed by atoms with van der Waals surface area (Å²) in [5.74, 6) is -2.58. The number of amides is 7. The highest BCUT2D eigenvalue weighted by atomic mass is 32.2. The lowest BCUT2D eigenvalue weighted by Crippen LogP contribution is -2.32. The Kier molecular flexibility index (Phi) is 46.3. The second kappa shape index (κ2) is 50.7. The lowest BCUT2D eigenvalue weighted by atomic mass is 9.81. The highest BCUT2D eigenvalue weighted by molar-refractivity contribution is 8.30. The maximum atomic E-state index is 11.9. The maximum absolute atomic E-state index is 11.9. The second-order valence-electron chi connectivity index (χ2n) is 24.3. The van der Waals surface area contributed by atoms with Crippen molar-refractivity contribution in [3.05, 3.63) is 183 Å². The number of carbonyl (C=O) groups is 9. The van der Waals surface area contributed by atoms with Crippen LogP contribution in [0.5, 0.6) is 0 Å². The zero-order chi connectivity index (χ0) is 88.3. The number of benzene rings is 3. The van der Waals surface area contributed by atoms with Gasteiger partial charge in [-0.25, -0.2) is 23.2 Å². The lowest BCUT2D eigenvalue weighted by molar-refractivity contribution is -0.437. The predicted octanol–water partition coefficient (Wildman–Crippen LogP) is 18.1. The van der Waals surface area contributed by atoms with E-state index < -0.39 is 27.2 Å². The molecule has 0 saturated carbocycles. The molecule has 0 N–H and O–H groups in total. The zero-order valence-electron chi connectivity index (χ0n) is 69.8. The van der Waals surface area contributed by atoms with Crippen LogP contribution in [0.3, 0.4) is 0 Å². The Hall–Kier alpha value is -7.86. The minimum Gasteiger partial charge on any atom is -0.748 e. The van der Waals surface area contributed by atoms with E-state index in [4.69, 9.17) is 48.9 Å². The molecule has 5 aromatic rings. The molecular weight excluding hydrogens is 1670 g/mol. The number of para-hydroxylation sites is 3. The number of hydrogen-bond donors (Lipinski definition) is 0. The summed E-state index contributed by atoms with van der Waals surface area (Å²) in [7, 11) is -0.731. The number of thiocarbonyl (C=S) groups is 4. The summed E-state index contributed by atoms with van der Waals surface area (Å²) in [6, 6.07) is 24.7. The van der Waals surface area contributed by atoms with Crippen LogP contribution in [0.15, 0.2) is 158 Å². The van der Waals surface area contributed by atoms with E-state index in [1.54, 1.807) is 69.8 Å². The van der Waals surface area contributed by atoms with Crippen LogP contribution in [-0.2, 0) is 66.4 Å². The number of carbonyl (C=O) groups excluding carboxylic acids is 9. The SMILES string of the molecule is C/C=C/C1=Nc2ccccc2C1(C)C.C/C=C/C1=[N+](CCCS(=O)(=O)[O-])c2ccccc2C1(C)C.C/C=C/c1nc2ccccc2s1.C/C=C1/SC(=O)N(C(C)=O)C1=O.C/C=C1/SC(=S)N(C(C)=O)C1=O.C/C=C1/SC(=S)N(C(C)=O)C1=S.C/C=c1\c(=O)s/c(=C2/SC(=S)N(C)C2=O)n1C.CC.CC.CC.CC=C(C(C)=O)C(C)=O. The van der Waals surface area contributed by atoms with Gasteiger partial charge in [0.15, 0.2) is 25.9 Å². The molecule has 0 unspecified atom stereocenters. The third-order valence-electron chi connectivity index (χ3n) is 16.0. The van der Waals surface area contributed by atoms with Crippen LogP contribution >= 0.6 is 119 Å². The predicted molar refractivity (Wildman–Crippen MR) is 498 cm³/mol. The molecule has 7 amide bonds. The van der Waals surface area contributed by atoms with Crippen molar-refractivity contribution in [3.8, 4) is 0 Å². The third kappa shape index (κ3) is 29.0. The van der Waals surface area contributed by atoms with Gasteiger partial charge in [0.25, 0.3) is 27.7 Å². The Morgan fingerprint density at radius 1 is 0.557 bits per heavy atom. The standard InChI is InChI=1S/C16H21NO3S.C13H15N.C10H10N2O2S3.C10H9NS.C7H7NO3S.C7H7NO2S2.C7H7NOS3.C7H10O2.3C2H6/c1-4-8-15-16(2,3)13-9-5-6-10-14(13)17(15)11-7-12-21(18,19)20;1-4-7-12-13(2,3)10-8-5-6-9-11(10)14-12;1-4-5-9(14)17-8(11(5)2)6-7(13)12(3)10(15)16-6;1-2-5-10-11-8-6-3-4-7-9(8)12-10;3*1-3-5-6(10)8(4(2)9)7(11)12-5;1-4-7(5(2)8)6(3)9;3*1-2/h4-6,8-10H,7,11-12H2,1-3H3;4-9H,1-3H3;4H,1-3H3;2-7H,1H3;3*3H,1-2H3;4H,1-3H3;3*1-2H3/b8-4+;7-4+;5-4+,8-6+;5-2+;3*5-3+;;;;. The molecule has 0 spiro atoms. The fourth-order valence-electron chi connectivity index (χ4n) is 10.6. The molecule has 8 heterocycles. The zero-order valence-corrected chi connectivity index (χ0v) is 78.8. The number of thioether (sulfide) groups is 4. The molecule has 21 nitrogen and oxygen atoms in total. The van der Waals surface area contributed by atoms with E-state index >= 15 is 0 Å². The summed E-state index contributed by atoms with van der Waals surface area (Å²) in [6.45, 7) is 42.8. The van der Waals surface area contributed by atoms with Gasteiger partial charge in [0.05, 0.1) is 57.9 Å². The Labute approximate surface area is 724 Å². The van der Waals surface area contributed by atoms with E-state index in [-0.39, 0.29) is 62.1 Å². The molecule has 0 bridgehead atoms. The summed E-state index contributed by atoms with van der Waals surface area (Å²) in [5.41, 5.74) is 8.37. The van der Waals surface area contributed by atoms with Gasteiger partial charge in [0.2, 0.25) is 23.4 Å². The first kappa shape index (κ1) is 105. The van der Waals surface area contributed by atoms with Crippen molar-refractivity contribution in [2.45, 2.75) is 176 Å². The third-order valence-corrected chi connectivity index (χ3v) is 24.9. The molecule has 6 aliphatic rings. The minimum absolute atomic E-state index is 0.0358. The first-order valence-corrected chi connectivity index (χ1v) is 44.6. The fourth-order valence-corrected chi connectivity index (χ4v) is 18.3. The largest absolute Gasteiger partial charge is 0.748 e. The van der Waals surface area contributed by atoms with Crippen molar-refractivity contribution in [2.75, 3.05) is 19.3 Å². The van der Waals surface area contributed by atoms with Gasteiger partial charge < -0.3 is 9.12 Å². The van der Waals surface area contributed by atoms with Crippen LogP contribution in [0.1, 0.15) is 182 Å². The summed E-state index contributed by atoms with van der Waals surface area (Å²) in [4.78, 5) is 127. The topological polar surface area (TPSA) is 274 Å². The summed E-state index contributed by atoms with van der Waals surface area (Å²) >= 11 is 27.3. The van der Waals surface area contributed by atoms with E-state index in [9.17, 15) is 60.9 Å². The molecule has 6 aliphatic heterocycles. The van der Waals surface area contributed by atoms with Crippen LogP contribution < -0.4 is 14.8 Å². The van der Waals surface area contributed by atoms with Crippen molar-refractivity contribution in [1.29, 1.82) is 0 Å². The van der Waals surface area contributed by atoms with Crippen LogP contribution in [0, 0.1) is 0 Å². The minimum atomic E-state index is -4.16. The molecule has 115 heavy (non-hydrogen) atoms. The smallest absolute Gasteiger partial charge is 0.300 e. The first-order chi connectivity index (χ1) is 54.1. The van der Waals surface area contributed by atoms with Gasteiger partial charge in [-0.1, -0.05) is 248 Å². The fraction of sp³-hybridized carbons (Fsp3) is 0.361. The van der Waals surface area contributed by atoms with Crippen molar-refractivity contribution >= 4 is 249 Å². The second-order valence-corrected chi connectivity index (χ2v) is 34.2. The molecule has 620 valence electrons. The molecule has 32 heteroatoms. The Morgan fingerprint density at radius 3 is 1.44 bits per heavy atom. The molecule has 0 radical (unpaired) electrons. The number of rotatable bonds is 9. The Morgan fingerprint density at radius 2 is 1.04 bits per heavy atom. The van der Waals surface area contributed by atoms with Crippen molar-refractivity contribution in [3.63, 3.8) is 0 Å². The number of fused-ring (bicyclic) bond motifs is 3. The first-order valence-electron chi connectivity index (χ1n) is 36.5. The number of imide groups is 4. The summed E-state index contributed by atoms with van der Waals surface area (Å²) in [5, 5.41) is 1.17. The summed E-state index contributed by atoms with van der Waals surface area (Å²) in [6.07, 6.45) is 20.9. The van der Waals surface area contributed by atoms with Gasteiger partial charge in [-0.3, -0.25) is 62.7 Å². The van der Waals surface area contributed by atoms with Crippen LogP contribution in [0.25, 0.3) is 27.3 Å². The number of hydrogen-bond acceptors (Lipinski definition) is 25. The van der Waals surface area contributed by atoms with Crippen molar-refractivity contribution in [2.24, 2.45) is 12.0 Å². The molecule has 11 rings (SSSR count). The van der Waals surface area contributed by atoms with Crippen LogP contribution in [-0.4, -0.2) is 148 Å². The average Bonchev–Trinajstić information content (AvgIpc) is 1.58. The molecule has 3 aromatic carbocycles. The molecule has 2 aromatic heterocycles. The summed E-state index contributed by atoms with van der Waals surface area (Å²) < 4.78 is 39.5. The van der Waals surface area contributed by atoms with Crippen molar-refractivity contribution < 1.29 is 60.7 Å². The molecular formula is C83H104N8O13S11. The number of Topliss-reactive ketones (excluding diaryl/α,β-unsaturated/α-hetero) is 2. The molecule has 0 atom stereocenters. The quantitative estimate of drug-likeness (QED) is 0.0331. The van der Waals surface area contributed by atoms with E-state index in [0.717, 1.165) is 78.0 Å². The van der Waals surface area contributed by atoms with E-state index in [1.807, 2.05) is 142 Å². The van der Waals surface area contributed by atoms with Gasteiger partial charge >= 0.3 is 0 Å². The highest BCUT2D eigenvalue weighted by Crippen LogP contribution is 2.42. The van der Waals surface area contributed by atoms with Gasteiger partial charge in [-0.15, -0.1) is 11.3 Å². The van der Waals surface area contributed by atoms with E-state index in [1.165, 1.54) is 95.9 Å². The van der Waals surface area contributed by atoms with Crippen LogP contribution in [0.4, 0.5) is 16.2 Å². The molecule has 4 saturated heterocycles. The van der Waals surface area contributed by atoms with Crippen molar-refractivity contribution in [1.82, 2.24) is 29.2 Å². The Balaban J connectivity index is 0.000000658. The normalized spacial score (nSPS) is 17.0. The number of aromatic nitrogens is 2. The van der Waals surface area contributed by atoms with Crippen LogP contribution in [0.2, 0.25) is 0 Å². The molecule has 4 fully saturated rings. The van der Waals surface area contributed by atoms with Gasteiger partial charge in [0.1, 0.15) is 30.4 Å².